The van der Waals surface area contributed by atoms with E-state index < -0.39 is 0 Å². The Labute approximate surface area is 253 Å². The van der Waals surface area contributed by atoms with Crippen LogP contribution in [0.3, 0.4) is 0 Å². The normalized spacial score (nSPS) is 10.3. The van der Waals surface area contributed by atoms with Crippen molar-refractivity contribution in [2.45, 2.75) is 51.6 Å². The third-order valence-corrected chi connectivity index (χ3v) is 6.89. The van der Waals surface area contributed by atoms with Gasteiger partial charge in [0, 0.05) is 11.1 Å². The lowest BCUT2D eigenvalue weighted by molar-refractivity contribution is -0.671. The molecule has 3 aromatic carbocycles. The van der Waals surface area contributed by atoms with Crippen LogP contribution in [0.5, 0.6) is 23.0 Å². The highest BCUT2D eigenvalue weighted by Crippen LogP contribution is 2.29. The standard InChI is InChI=1S/C32H44N2O4.2ClH/c1-35-29-16-14-25(21-31(29)37-3)10-5-7-18-33-23-27-12-9-13-28(20-27)24-34-19-8-6-11-26-15-17-30(36-2)32(22-26)38-4;;/h9,12-17,20-22,33-34H,5-8,10-11,18-19,23-24H2,1-4H3;2*1H. The summed E-state index contributed by atoms with van der Waals surface area (Å²) in [6.45, 7) is 4.36. The van der Waals surface area contributed by atoms with Gasteiger partial charge in [-0.15, -0.1) is 0 Å². The molecule has 0 spiro atoms. The van der Waals surface area contributed by atoms with Gasteiger partial charge in [-0.1, -0.05) is 30.3 Å². The summed E-state index contributed by atoms with van der Waals surface area (Å²) in [6, 6.07) is 21.5. The molecule has 0 fully saturated rings. The Morgan fingerprint density at radius 1 is 0.475 bits per heavy atom. The first-order chi connectivity index (χ1) is 18.7. The predicted molar refractivity (Wildman–Crippen MR) is 152 cm³/mol. The quantitative estimate of drug-likeness (QED) is 0.166. The van der Waals surface area contributed by atoms with E-state index in [1.165, 1.54) is 47.9 Å². The molecule has 0 amide bonds. The molecule has 3 aromatic rings. The summed E-state index contributed by atoms with van der Waals surface area (Å²) < 4.78 is 21.5. The molecule has 3 rings (SSSR count). The molecule has 0 unspecified atom stereocenters. The molecule has 0 saturated heterocycles. The summed E-state index contributed by atoms with van der Waals surface area (Å²) in [5.41, 5.74) is 5.41. The van der Waals surface area contributed by atoms with Gasteiger partial charge in [0.15, 0.2) is 23.0 Å². The van der Waals surface area contributed by atoms with E-state index in [1.54, 1.807) is 28.4 Å². The van der Waals surface area contributed by atoms with Crippen LogP contribution in [0.1, 0.15) is 47.9 Å². The number of rotatable bonds is 18. The number of nitrogens with two attached hydrogens (primary N) is 2. The maximum atomic E-state index is 5.41. The Kier molecular flexibility index (Phi) is 17.9. The van der Waals surface area contributed by atoms with Gasteiger partial charge >= 0.3 is 0 Å². The molecule has 6 nitrogen and oxygen atoms in total. The molecule has 0 saturated carbocycles. The SMILES string of the molecule is COc1ccc(CCCC[NH2+]Cc2cccc(C[NH2+]CCCCc3ccc(OC)c(OC)c3)c2)cc1OC.[Cl-].[Cl-]. The lowest BCUT2D eigenvalue weighted by Crippen LogP contribution is -3.00. The van der Waals surface area contributed by atoms with E-state index in [0.29, 0.717) is 0 Å². The van der Waals surface area contributed by atoms with Crippen LogP contribution >= 0.6 is 0 Å². The maximum absolute atomic E-state index is 5.41. The summed E-state index contributed by atoms with van der Waals surface area (Å²) in [6.07, 6.45) is 6.87. The van der Waals surface area contributed by atoms with Crippen molar-refractivity contribution in [1.29, 1.82) is 0 Å². The highest BCUT2D eigenvalue weighted by molar-refractivity contribution is 5.43. The number of methoxy groups -OCH3 is 4. The second-order valence-electron chi connectivity index (χ2n) is 9.68. The van der Waals surface area contributed by atoms with Crippen molar-refractivity contribution in [3.05, 3.63) is 82.9 Å². The van der Waals surface area contributed by atoms with E-state index in [2.05, 4.69) is 59.2 Å². The monoisotopic (exact) mass is 592 g/mol. The number of quaternary nitrogens is 2. The van der Waals surface area contributed by atoms with Crippen molar-refractivity contribution < 1.29 is 54.4 Å². The molecular weight excluding hydrogens is 547 g/mol. The zero-order valence-electron chi connectivity index (χ0n) is 24.4. The number of benzene rings is 3. The minimum atomic E-state index is 0. The molecule has 0 heterocycles. The van der Waals surface area contributed by atoms with Gasteiger partial charge < -0.3 is 54.4 Å². The number of unbranched alkanes of at least 4 members (excludes halogenated alkanes) is 2. The van der Waals surface area contributed by atoms with Crippen LogP contribution in [-0.4, -0.2) is 41.5 Å². The van der Waals surface area contributed by atoms with E-state index in [4.69, 9.17) is 18.9 Å². The molecule has 0 radical (unpaired) electrons. The van der Waals surface area contributed by atoms with Gasteiger partial charge in [0.2, 0.25) is 0 Å². The number of hydrogen-bond acceptors (Lipinski definition) is 4. The lowest BCUT2D eigenvalue weighted by atomic mass is 10.1. The average Bonchev–Trinajstić information content (AvgIpc) is 2.96. The van der Waals surface area contributed by atoms with Gasteiger partial charge in [0.1, 0.15) is 13.1 Å². The van der Waals surface area contributed by atoms with Crippen LogP contribution in [-0.2, 0) is 25.9 Å². The Morgan fingerprint density at radius 2 is 0.900 bits per heavy atom. The molecule has 0 aliphatic rings. The summed E-state index contributed by atoms with van der Waals surface area (Å²) in [4.78, 5) is 0. The minimum Gasteiger partial charge on any atom is -1.00 e. The van der Waals surface area contributed by atoms with Crippen LogP contribution in [0.2, 0.25) is 0 Å². The first kappa shape index (κ1) is 35.4. The summed E-state index contributed by atoms with van der Waals surface area (Å²) >= 11 is 0. The van der Waals surface area contributed by atoms with Crippen molar-refractivity contribution in [3.8, 4) is 23.0 Å². The van der Waals surface area contributed by atoms with Gasteiger partial charge in [-0.05, 0) is 80.0 Å². The van der Waals surface area contributed by atoms with E-state index in [1.807, 2.05) is 12.1 Å². The van der Waals surface area contributed by atoms with Gasteiger partial charge in [0.25, 0.3) is 0 Å². The first-order valence-corrected chi connectivity index (χ1v) is 13.8. The molecule has 0 aliphatic carbocycles. The molecule has 0 atom stereocenters. The Bertz CT molecular complexity index is 1030. The zero-order chi connectivity index (χ0) is 27.0. The third-order valence-electron chi connectivity index (χ3n) is 6.89. The minimum absolute atomic E-state index is 0. The molecule has 0 aromatic heterocycles. The molecule has 40 heavy (non-hydrogen) atoms. The smallest absolute Gasteiger partial charge is 0.160 e. The van der Waals surface area contributed by atoms with Gasteiger partial charge in [0.05, 0.1) is 41.5 Å². The second kappa shape index (κ2) is 20.3. The van der Waals surface area contributed by atoms with Crippen molar-refractivity contribution in [1.82, 2.24) is 0 Å². The number of hydrogen-bond donors (Lipinski definition) is 2. The Balaban J connectivity index is 0.00000400. The molecule has 222 valence electrons. The highest BCUT2D eigenvalue weighted by atomic mass is 35.5. The van der Waals surface area contributed by atoms with Crippen LogP contribution in [0, 0.1) is 0 Å². The zero-order valence-corrected chi connectivity index (χ0v) is 25.9. The van der Waals surface area contributed by atoms with Crippen molar-refractivity contribution in [3.63, 3.8) is 0 Å². The Hall–Kier alpha value is -2.64. The number of ether oxygens (including phenoxy) is 4. The number of halogens is 2. The predicted octanol–water partition coefficient (Wildman–Crippen LogP) is -2.10. The van der Waals surface area contributed by atoms with Gasteiger partial charge in [-0.25, -0.2) is 0 Å². The molecule has 8 heteroatoms. The van der Waals surface area contributed by atoms with Gasteiger partial charge in [-0.3, -0.25) is 0 Å². The summed E-state index contributed by atoms with van der Waals surface area (Å²) in [5.74, 6) is 3.19. The van der Waals surface area contributed by atoms with E-state index in [0.717, 1.165) is 62.0 Å². The largest absolute Gasteiger partial charge is 1.00 e. The Morgan fingerprint density at radius 3 is 1.30 bits per heavy atom. The fourth-order valence-electron chi connectivity index (χ4n) is 4.73. The fraction of sp³-hybridized carbons (Fsp3) is 0.438. The van der Waals surface area contributed by atoms with Gasteiger partial charge in [-0.2, -0.15) is 0 Å². The van der Waals surface area contributed by atoms with Crippen LogP contribution in [0.25, 0.3) is 0 Å². The van der Waals surface area contributed by atoms with E-state index in [-0.39, 0.29) is 24.8 Å². The third kappa shape index (κ3) is 11.8. The van der Waals surface area contributed by atoms with Crippen molar-refractivity contribution in [2.75, 3.05) is 41.5 Å². The average molecular weight is 594 g/mol. The fourth-order valence-corrected chi connectivity index (χ4v) is 4.73. The first-order valence-electron chi connectivity index (χ1n) is 13.8. The molecule has 0 aliphatic heterocycles. The van der Waals surface area contributed by atoms with E-state index >= 15 is 0 Å². The number of aryl methyl sites for hydroxylation is 2. The van der Waals surface area contributed by atoms with Crippen molar-refractivity contribution >= 4 is 0 Å². The van der Waals surface area contributed by atoms with Crippen LogP contribution < -0.4 is 54.4 Å². The summed E-state index contributed by atoms with van der Waals surface area (Å²) in [7, 11) is 6.72. The molecule has 4 N–H and O–H groups in total. The van der Waals surface area contributed by atoms with Crippen molar-refractivity contribution in [2.24, 2.45) is 0 Å². The molecule has 0 bridgehead atoms. The maximum Gasteiger partial charge on any atom is 0.160 e. The summed E-state index contributed by atoms with van der Waals surface area (Å²) in [5, 5.41) is 4.84. The van der Waals surface area contributed by atoms with Crippen LogP contribution in [0.4, 0.5) is 0 Å². The highest BCUT2D eigenvalue weighted by Gasteiger charge is 2.06. The van der Waals surface area contributed by atoms with E-state index in [9.17, 15) is 0 Å². The second-order valence-corrected chi connectivity index (χ2v) is 9.68. The topological polar surface area (TPSA) is 70.1 Å². The van der Waals surface area contributed by atoms with Crippen LogP contribution in [0.15, 0.2) is 60.7 Å². The lowest BCUT2D eigenvalue weighted by Gasteiger charge is -2.09. The molecular formula is C32H46Cl2N2O4.